The van der Waals surface area contributed by atoms with Crippen LogP contribution in [0.5, 0.6) is 0 Å². The van der Waals surface area contributed by atoms with Crippen LogP contribution < -0.4 is 5.32 Å². The van der Waals surface area contributed by atoms with Crippen molar-refractivity contribution in [3.8, 4) is 0 Å². The molecule has 1 aromatic rings. The SMILES string of the molecule is CC(C)(C)CC(C)(C)c1ccc(CC2CCNCC2)cc1. The highest BCUT2D eigenvalue weighted by molar-refractivity contribution is 5.28. The van der Waals surface area contributed by atoms with Crippen LogP contribution >= 0.6 is 0 Å². The van der Waals surface area contributed by atoms with E-state index in [0.29, 0.717) is 5.41 Å². The molecule has 2 rings (SSSR count). The van der Waals surface area contributed by atoms with E-state index >= 15 is 0 Å². The van der Waals surface area contributed by atoms with E-state index in [-0.39, 0.29) is 5.41 Å². The second-order valence-corrected chi connectivity index (χ2v) is 8.72. The van der Waals surface area contributed by atoms with Gasteiger partial charge in [-0.3, -0.25) is 0 Å². The zero-order valence-electron chi connectivity index (χ0n) is 14.6. The van der Waals surface area contributed by atoms with Gasteiger partial charge in [0.1, 0.15) is 0 Å². The Morgan fingerprint density at radius 2 is 1.52 bits per heavy atom. The van der Waals surface area contributed by atoms with Crippen LogP contribution in [-0.4, -0.2) is 13.1 Å². The maximum Gasteiger partial charge on any atom is -0.00462 e. The lowest BCUT2D eigenvalue weighted by Crippen LogP contribution is -2.28. The van der Waals surface area contributed by atoms with Gasteiger partial charge in [0.05, 0.1) is 0 Å². The fourth-order valence-corrected chi connectivity index (χ4v) is 3.94. The highest BCUT2D eigenvalue weighted by atomic mass is 14.9. The number of benzene rings is 1. The number of nitrogens with one attached hydrogen (secondary N) is 1. The van der Waals surface area contributed by atoms with Gasteiger partial charge in [0.25, 0.3) is 0 Å². The Balaban J connectivity index is 2.00. The molecule has 1 N–H and O–H groups in total. The molecule has 1 heterocycles. The fourth-order valence-electron chi connectivity index (χ4n) is 3.94. The molecule has 21 heavy (non-hydrogen) atoms. The van der Waals surface area contributed by atoms with Crippen LogP contribution in [0.1, 0.15) is 65.0 Å². The fraction of sp³-hybridized carbons (Fsp3) is 0.700. The van der Waals surface area contributed by atoms with E-state index in [2.05, 4.69) is 64.2 Å². The number of hydrogen-bond donors (Lipinski definition) is 1. The zero-order chi connectivity index (χ0) is 15.5. The molecule has 0 aromatic heterocycles. The van der Waals surface area contributed by atoms with Gasteiger partial charge in [-0.15, -0.1) is 0 Å². The number of hydrogen-bond acceptors (Lipinski definition) is 1. The molecule has 0 aliphatic carbocycles. The van der Waals surface area contributed by atoms with Gasteiger partial charge in [-0.2, -0.15) is 0 Å². The van der Waals surface area contributed by atoms with Crippen molar-refractivity contribution in [2.75, 3.05) is 13.1 Å². The van der Waals surface area contributed by atoms with E-state index in [1.165, 1.54) is 49.9 Å². The monoisotopic (exact) mass is 287 g/mol. The van der Waals surface area contributed by atoms with Gasteiger partial charge in [0.2, 0.25) is 0 Å². The van der Waals surface area contributed by atoms with E-state index in [0.717, 1.165) is 5.92 Å². The molecule has 0 amide bonds. The first-order valence-electron chi connectivity index (χ1n) is 8.56. The Kier molecular flexibility index (Phi) is 5.14. The van der Waals surface area contributed by atoms with Crippen LogP contribution in [0.25, 0.3) is 0 Å². The number of rotatable bonds is 4. The molecule has 118 valence electrons. The Labute approximate surface area is 131 Å². The molecule has 0 radical (unpaired) electrons. The standard InChI is InChI=1S/C20H33N/c1-19(2,3)15-20(4,5)18-8-6-16(7-9-18)14-17-10-12-21-13-11-17/h6-9,17,21H,10-15H2,1-5H3. The lowest BCUT2D eigenvalue weighted by atomic mass is 9.72. The first kappa shape index (κ1) is 16.5. The Morgan fingerprint density at radius 3 is 2.05 bits per heavy atom. The smallest absolute Gasteiger partial charge is 0.00462 e. The van der Waals surface area contributed by atoms with Crippen LogP contribution in [0.3, 0.4) is 0 Å². The number of piperidine rings is 1. The molecular weight excluding hydrogens is 254 g/mol. The minimum atomic E-state index is 0.255. The van der Waals surface area contributed by atoms with E-state index in [1.807, 2.05) is 0 Å². The average molecular weight is 287 g/mol. The van der Waals surface area contributed by atoms with Crippen LogP contribution in [0.2, 0.25) is 0 Å². The predicted octanol–water partition coefficient (Wildman–Crippen LogP) is 4.94. The maximum atomic E-state index is 3.45. The minimum Gasteiger partial charge on any atom is -0.317 e. The summed E-state index contributed by atoms with van der Waals surface area (Å²) >= 11 is 0. The summed E-state index contributed by atoms with van der Waals surface area (Å²) in [6.45, 7) is 14.1. The summed E-state index contributed by atoms with van der Waals surface area (Å²) < 4.78 is 0. The van der Waals surface area contributed by atoms with E-state index in [4.69, 9.17) is 0 Å². The normalized spacial score (nSPS) is 18.0. The summed E-state index contributed by atoms with van der Waals surface area (Å²) in [6, 6.07) is 9.45. The third-order valence-electron chi connectivity index (χ3n) is 4.69. The van der Waals surface area contributed by atoms with Crippen molar-refractivity contribution in [3.63, 3.8) is 0 Å². The van der Waals surface area contributed by atoms with Crippen LogP contribution in [0.4, 0.5) is 0 Å². The topological polar surface area (TPSA) is 12.0 Å². The molecule has 0 spiro atoms. The van der Waals surface area contributed by atoms with Crippen molar-refractivity contribution in [2.45, 2.75) is 65.7 Å². The first-order valence-corrected chi connectivity index (χ1v) is 8.56. The summed E-state index contributed by atoms with van der Waals surface area (Å²) in [7, 11) is 0. The molecule has 0 bridgehead atoms. The molecule has 1 nitrogen and oxygen atoms in total. The lowest BCUT2D eigenvalue weighted by molar-refractivity contribution is 0.284. The maximum absolute atomic E-state index is 3.45. The lowest BCUT2D eigenvalue weighted by Gasteiger charge is -2.33. The molecule has 1 fully saturated rings. The van der Waals surface area contributed by atoms with Crippen molar-refractivity contribution in [1.29, 1.82) is 0 Å². The summed E-state index contributed by atoms with van der Waals surface area (Å²) in [5, 5.41) is 3.45. The van der Waals surface area contributed by atoms with Crippen LogP contribution in [0, 0.1) is 11.3 Å². The van der Waals surface area contributed by atoms with Gasteiger partial charge in [0.15, 0.2) is 0 Å². The van der Waals surface area contributed by atoms with Gasteiger partial charge in [-0.05, 0) is 66.6 Å². The highest BCUT2D eigenvalue weighted by Gasteiger charge is 2.27. The Bertz CT molecular complexity index is 430. The second-order valence-electron chi connectivity index (χ2n) is 8.72. The first-order chi connectivity index (χ1) is 9.76. The zero-order valence-corrected chi connectivity index (χ0v) is 14.6. The van der Waals surface area contributed by atoms with Gasteiger partial charge in [0, 0.05) is 0 Å². The largest absolute Gasteiger partial charge is 0.317 e. The second kappa shape index (κ2) is 6.52. The molecule has 1 heteroatoms. The van der Waals surface area contributed by atoms with Crippen molar-refractivity contribution < 1.29 is 0 Å². The Hall–Kier alpha value is -0.820. The van der Waals surface area contributed by atoms with Crippen molar-refractivity contribution >= 4 is 0 Å². The molecule has 0 saturated carbocycles. The van der Waals surface area contributed by atoms with Crippen LogP contribution in [0.15, 0.2) is 24.3 Å². The van der Waals surface area contributed by atoms with Crippen molar-refractivity contribution in [3.05, 3.63) is 35.4 Å². The van der Waals surface area contributed by atoms with Gasteiger partial charge < -0.3 is 5.32 Å². The third-order valence-corrected chi connectivity index (χ3v) is 4.69. The summed E-state index contributed by atoms with van der Waals surface area (Å²) in [5.41, 5.74) is 3.62. The summed E-state index contributed by atoms with van der Waals surface area (Å²) in [5.74, 6) is 0.875. The average Bonchev–Trinajstić information content (AvgIpc) is 2.38. The Morgan fingerprint density at radius 1 is 0.952 bits per heavy atom. The molecule has 1 aliphatic rings. The van der Waals surface area contributed by atoms with E-state index in [9.17, 15) is 0 Å². The quantitative estimate of drug-likeness (QED) is 0.827. The molecule has 1 saturated heterocycles. The van der Waals surface area contributed by atoms with E-state index < -0.39 is 0 Å². The van der Waals surface area contributed by atoms with E-state index in [1.54, 1.807) is 0 Å². The highest BCUT2D eigenvalue weighted by Crippen LogP contribution is 2.36. The third kappa shape index (κ3) is 5.14. The summed E-state index contributed by atoms with van der Waals surface area (Å²) in [4.78, 5) is 0. The van der Waals surface area contributed by atoms with Crippen LogP contribution in [-0.2, 0) is 11.8 Å². The predicted molar refractivity (Wildman–Crippen MR) is 92.8 cm³/mol. The van der Waals surface area contributed by atoms with Gasteiger partial charge >= 0.3 is 0 Å². The summed E-state index contributed by atoms with van der Waals surface area (Å²) in [6.07, 6.45) is 5.13. The molecule has 1 aromatic carbocycles. The van der Waals surface area contributed by atoms with Crippen molar-refractivity contribution in [2.24, 2.45) is 11.3 Å². The van der Waals surface area contributed by atoms with Gasteiger partial charge in [-0.25, -0.2) is 0 Å². The van der Waals surface area contributed by atoms with Gasteiger partial charge in [-0.1, -0.05) is 58.9 Å². The van der Waals surface area contributed by atoms with Crippen molar-refractivity contribution in [1.82, 2.24) is 5.32 Å². The minimum absolute atomic E-state index is 0.255. The molecule has 0 atom stereocenters. The molecule has 1 aliphatic heterocycles. The molecular formula is C20H33N. The molecule has 0 unspecified atom stereocenters.